The highest BCUT2D eigenvalue weighted by molar-refractivity contribution is 6.30. The molecule has 2 aromatic carbocycles. The van der Waals surface area contributed by atoms with Crippen LogP contribution >= 0.6 is 11.6 Å². The molecule has 0 spiro atoms. The molecule has 0 radical (unpaired) electrons. The number of rotatable bonds is 2. The SMILES string of the molecule is Cc1ccc2occ(C(=O)Nc3ccc(Cl)cc3)c(=O)c2c1. The molecule has 1 aromatic heterocycles. The summed E-state index contributed by atoms with van der Waals surface area (Å²) in [4.78, 5) is 24.7. The molecule has 0 unspecified atom stereocenters. The van der Waals surface area contributed by atoms with Crippen molar-refractivity contribution >= 4 is 34.2 Å². The molecule has 5 heteroatoms. The van der Waals surface area contributed by atoms with Crippen LogP contribution in [0.3, 0.4) is 0 Å². The minimum absolute atomic E-state index is 0.0342. The van der Waals surface area contributed by atoms with Crippen molar-refractivity contribution in [1.29, 1.82) is 0 Å². The van der Waals surface area contributed by atoms with Gasteiger partial charge in [0.25, 0.3) is 5.91 Å². The smallest absolute Gasteiger partial charge is 0.262 e. The Morgan fingerprint density at radius 2 is 1.86 bits per heavy atom. The highest BCUT2D eigenvalue weighted by Crippen LogP contribution is 2.16. The van der Waals surface area contributed by atoms with Gasteiger partial charge in [-0.2, -0.15) is 0 Å². The fraction of sp³-hybridized carbons (Fsp3) is 0.0588. The summed E-state index contributed by atoms with van der Waals surface area (Å²) in [6.07, 6.45) is 1.19. The standard InChI is InChI=1S/C17H12ClNO3/c1-10-2-7-15-13(8-10)16(20)14(9-22-15)17(21)19-12-5-3-11(18)4-6-12/h2-9H,1H3,(H,19,21). The van der Waals surface area contributed by atoms with E-state index in [1.807, 2.05) is 13.0 Å². The van der Waals surface area contributed by atoms with Gasteiger partial charge < -0.3 is 9.73 Å². The Balaban J connectivity index is 1.99. The quantitative estimate of drug-likeness (QED) is 0.777. The predicted octanol–water partition coefficient (Wildman–Crippen LogP) is 4.01. The maximum absolute atomic E-state index is 12.4. The van der Waals surface area contributed by atoms with Crippen LogP contribution in [0.2, 0.25) is 5.02 Å². The van der Waals surface area contributed by atoms with Gasteiger partial charge in [0, 0.05) is 10.7 Å². The van der Waals surface area contributed by atoms with Gasteiger partial charge in [-0.25, -0.2) is 0 Å². The largest absolute Gasteiger partial charge is 0.463 e. The van der Waals surface area contributed by atoms with Crippen LogP contribution in [-0.4, -0.2) is 5.91 Å². The van der Waals surface area contributed by atoms with Crippen molar-refractivity contribution in [2.24, 2.45) is 0 Å². The van der Waals surface area contributed by atoms with Crippen molar-refractivity contribution in [3.05, 3.63) is 75.1 Å². The molecule has 0 aliphatic rings. The second-order valence-electron chi connectivity index (χ2n) is 4.94. The van der Waals surface area contributed by atoms with Gasteiger partial charge in [0.2, 0.25) is 5.43 Å². The summed E-state index contributed by atoms with van der Waals surface area (Å²) in [5.74, 6) is -0.514. The number of hydrogen-bond acceptors (Lipinski definition) is 3. The summed E-state index contributed by atoms with van der Waals surface area (Å²) in [7, 11) is 0. The molecule has 3 aromatic rings. The van der Waals surface area contributed by atoms with E-state index in [2.05, 4.69) is 5.32 Å². The number of halogens is 1. The summed E-state index contributed by atoms with van der Waals surface area (Å²) in [5, 5.41) is 3.61. The van der Waals surface area contributed by atoms with E-state index in [9.17, 15) is 9.59 Å². The van der Waals surface area contributed by atoms with E-state index in [0.29, 0.717) is 21.7 Å². The molecule has 1 N–H and O–H groups in total. The van der Waals surface area contributed by atoms with Crippen LogP contribution in [0.25, 0.3) is 11.0 Å². The van der Waals surface area contributed by atoms with Crippen LogP contribution in [0.5, 0.6) is 0 Å². The Bertz CT molecular complexity index is 913. The molecule has 22 heavy (non-hydrogen) atoms. The molecule has 0 atom stereocenters. The third kappa shape index (κ3) is 2.73. The summed E-state index contributed by atoms with van der Waals surface area (Å²) in [5.41, 5.74) is 1.55. The van der Waals surface area contributed by atoms with Crippen LogP contribution in [0.15, 0.2) is 57.9 Å². The van der Waals surface area contributed by atoms with Gasteiger partial charge >= 0.3 is 0 Å². The minimum atomic E-state index is -0.514. The first kappa shape index (κ1) is 14.4. The summed E-state index contributed by atoms with van der Waals surface area (Å²) in [6, 6.07) is 11.9. The normalized spacial score (nSPS) is 10.6. The molecular weight excluding hydrogens is 302 g/mol. The number of fused-ring (bicyclic) bond motifs is 1. The van der Waals surface area contributed by atoms with E-state index >= 15 is 0 Å². The van der Waals surface area contributed by atoms with Crippen molar-refractivity contribution in [2.75, 3.05) is 5.32 Å². The lowest BCUT2D eigenvalue weighted by atomic mass is 10.1. The van der Waals surface area contributed by atoms with E-state index in [4.69, 9.17) is 16.0 Å². The topological polar surface area (TPSA) is 59.3 Å². The lowest BCUT2D eigenvalue weighted by Gasteiger charge is -2.05. The van der Waals surface area contributed by atoms with Crippen LogP contribution in [0, 0.1) is 6.92 Å². The van der Waals surface area contributed by atoms with Crippen LogP contribution in [0.4, 0.5) is 5.69 Å². The Hall–Kier alpha value is -2.59. The summed E-state index contributed by atoms with van der Waals surface area (Å²) < 4.78 is 5.37. The van der Waals surface area contributed by atoms with Crippen LogP contribution < -0.4 is 10.7 Å². The molecule has 0 fully saturated rings. The van der Waals surface area contributed by atoms with Gasteiger partial charge in [0.05, 0.1) is 5.39 Å². The molecule has 110 valence electrons. The first-order valence-corrected chi connectivity index (χ1v) is 7.01. The highest BCUT2D eigenvalue weighted by Gasteiger charge is 2.14. The van der Waals surface area contributed by atoms with Gasteiger partial charge in [0.1, 0.15) is 17.4 Å². The van der Waals surface area contributed by atoms with Crippen LogP contribution in [0.1, 0.15) is 15.9 Å². The molecule has 0 aliphatic heterocycles. The Labute approximate surface area is 131 Å². The Morgan fingerprint density at radius 1 is 1.14 bits per heavy atom. The van der Waals surface area contributed by atoms with Gasteiger partial charge in [-0.1, -0.05) is 23.2 Å². The number of nitrogens with one attached hydrogen (secondary N) is 1. The molecule has 0 saturated heterocycles. The van der Waals surface area contributed by atoms with Gasteiger partial charge in [0.15, 0.2) is 0 Å². The number of hydrogen-bond donors (Lipinski definition) is 1. The number of aryl methyl sites for hydroxylation is 1. The summed E-state index contributed by atoms with van der Waals surface area (Å²) in [6.45, 7) is 1.87. The fourth-order valence-electron chi connectivity index (χ4n) is 2.13. The Morgan fingerprint density at radius 3 is 2.59 bits per heavy atom. The van der Waals surface area contributed by atoms with Gasteiger partial charge in [-0.05, 0) is 43.3 Å². The number of benzene rings is 2. The number of carbonyl (C=O) groups is 1. The number of anilines is 1. The lowest BCUT2D eigenvalue weighted by Crippen LogP contribution is -2.21. The maximum atomic E-state index is 12.4. The maximum Gasteiger partial charge on any atom is 0.262 e. The average Bonchev–Trinajstić information content (AvgIpc) is 2.50. The van der Waals surface area contributed by atoms with E-state index < -0.39 is 5.91 Å². The average molecular weight is 314 g/mol. The molecule has 0 bridgehead atoms. The molecule has 1 amide bonds. The molecule has 0 saturated carbocycles. The molecule has 4 nitrogen and oxygen atoms in total. The molecule has 3 rings (SSSR count). The van der Waals surface area contributed by atoms with Crippen LogP contribution in [-0.2, 0) is 0 Å². The number of amides is 1. The monoisotopic (exact) mass is 313 g/mol. The van der Waals surface area contributed by atoms with Crippen molar-refractivity contribution in [3.8, 4) is 0 Å². The second-order valence-corrected chi connectivity index (χ2v) is 5.38. The first-order valence-electron chi connectivity index (χ1n) is 6.64. The highest BCUT2D eigenvalue weighted by atomic mass is 35.5. The first-order chi connectivity index (χ1) is 10.5. The fourth-order valence-corrected chi connectivity index (χ4v) is 2.26. The van der Waals surface area contributed by atoms with Gasteiger partial charge in [-0.15, -0.1) is 0 Å². The van der Waals surface area contributed by atoms with Crippen molar-refractivity contribution in [2.45, 2.75) is 6.92 Å². The van der Waals surface area contributed by atoms with Gasteiger partial charge in [-0.3, -0.25) is 9.59 Å². The van der Waals surface area contributed by atoms with E-state index in [-0.39, 0.29) is 11.0 Å². The molecule has 1 heterocycles. The third-order valence-electron chi connectivity index (χ3n) is 3.27. The van der Waals surface area contributed by atoms with Crippen molar-refractivity contribution in [3.63, 3.8) is 0 Å². The zero-order valence-electron chi connectivity index (χ0n) is 11.7. The van der Waals surface area contributed by atoms with Crippen molar-refractivity contribution in [1.82, 2.24) is 0 Å². The third-order valence-corrected chi connectivity index (χ3v) is 3.53. The van der Waals surface area contributed by atoms with Crippen molar-refractivity contribution < 1.29 is 9.21 Å². The zero-order chi connectivity index (χ0) is 15.7. The predicted molar refractivity (Wildman–Crippen MR) is 86.6 cm³/mol. The minimum Gasteiger partial charge on any atom is -0.463 e. The lowest BCUT2D eigenvalue weighted by molar-refractivity contribution is 0.102. The van der Waals surface area contributed by atoms with E-state index in [0.717, 1.165) is 5.56 Å². The van der Waals surface area contributed by atoms with E-state index in [1.54, 1.807) is 36.4 Å². The molecule has 0 aliphatic carbocycles. The number of carbonyl (C=O) groups excluding carboxylic acids is 1. The summed E-state index contributed by atoms with van der Waals surface area (Å²) >= 11 is 5.79. The molecular formula is C17H12ClNO3. The second kappa shape index (κ2) is 5.66. The van der Waals surface area contributed by atoms with E-state index in [1.165, 1.54) is 6.26 Å². The Kier molecular flexibility index (Phi) is 3.69. The zero-order valence-corrected chi connectivity index (χ0v) is 12.5.